The van der Waals surface area contributed by atoms with Gasteiger partial charge in [-0.2, -0.15) is 4.31 Å². The van der Waals surface area contributed by atoms with Gasteiger partial charge in [0.25, 0.3) is 0 Å². The fourth-order valence-electron chi connectivity index (χ4n) is 2.73. The van der Waals surface area contributed by atoms with Crippen LogP contribution in [-0.4, -0.2) is 25.7 Å². The Labute approximate surface area is 148 Å². The van der Waals surface area contributed by atoms with Gasteiger partial charge < -0.3 is 5.32 Å². The van der Waals surface area contributed by atoms with Crippen molar-refractivity contribution in [2.24, 2.45) is 5.92 Å². The molecule has 2 aromatic rings. The fraction of sp³-hybridized carbons (Fsp3) is 0.316. The van der Waals surface area contributed by atoms with E-state index in [1.807, 2.05) is 30.3 Å². The Balaban J connectivity index is 1.68. The van der Waals surface area contributed by atoms with Gasteiger partial charge in [-0.25, -0.2) is 8.42 Å². The van der Waals surface area contributed by atoms with Crippen LogP contribution in [0.15, 0.2) is 59.5 Å². The minimum Gasteiger partial charge on any atom is -0.326 e. The standard InChI is InChI=1S/C19H22N2O3S/c1-21(14-15-6-3-2-4-7-15)25(23,24)18-12-10-17(11-13-18)20-19(22)16-8-5-9-16/h2-4,6-7,10-13,16H,5,8-9,14H2,1H3,(H,20,22). The average Bonchev–Trinajstić information content (AvgIpc) is 2.54. The molecule has 0 unspecified atom stereocenters. The normalized spacial score (nSPS) is 15.0. The number of benzene rings is 2. The zero-order valence-corrected chi connectivity index (χ0v) is 15.0. The molecule has 0 heterocycles. The number of anilines is 1. The molecule has 25 heavy (non-hydrogen) atoms. The molecule has 0 radical (unpaired) electrons. The third kappa shape index (κ3) is 4.08. The van der Waals surface area contributed by atoms with Gasteiger partial charge in [0.05, 0.1) is 4.90 Å². The molecule has 1 amide bonds. The van der Waals surface area contributed by atoms with Crippen molar-refractivity contribution in [3.05, 3.63) is 60.2 Å². The van der Waals surface area contributed by atoms with E-state index in [4.69, 9.17) is 0 Å². The second-order valence-corrected chi connectivity index (χ2v) is 8.43. The summed E-state index contributed by atoms with van der Waals surface area (Å²) in [5.74, 6) is 0.114. The molecule has 132 valence electrons. The molecule has 0 atom stereocenters. The zero-order valence-electron chi connectivity index (χ0n) is 14.2. The Hall–Kier alpha value is -2.18. The molecular weight excluding hydrogens is 336 g/mol. The molecular formula is C19H22N2O3S. The number of amides is 1. The third-order valence-electron chi connectivity index (χ3n) is 4.55. The lowest BCUT2D eigenvalue weighted by molar-refractivity contribution is -0.122. The summed E-state index contributed by atoms with van der Waals surface area (Å²) < 4.78 is 26.7. The number of carbonyl (C=O) groups excluding carboxylic acids is 1. The second kappa shape index (κ2) is 7.37. The number of nitrogens with one attached hydrogen (secondary N) is 1. The molecule has 5 nitrogen and oxygen atoms in total. The monoisotopic (exact) mass is 358 g/mol. The molecule has 2 aromatic carbocycles. The van der Waals surface area contributed by atoms with E-state index in [1.165, 1.54) is 16.4 Å². The predicted molar refractivity (Wildman–Crippen MR) is 97.5 cm³/mol. The van der Waals surface area contributed by atoms with Crippen LogP contribution in [0.5, 0.6) is 0 Å². The summed E-state index contributed by atoms with van der Waals surface area (Å²) >= 11 is 0. The van der Waals surface area contributed by atoms with Crippen molar-refractivity contribution in [3.8, 4) is 0 Å². The van der Waals surface area contributed by atoms with E-state index >= 15 is 0 Å². The van der Waals surface area contributed by atoms with E-state index in [-0.39, 0.29) is 16.7 Å². The molecule has 0 aromatic heterocycles. The Kier molecular flexibility index (Phi) is 5.20. The lowest BCUT2D eigenvalue weighted by Gasteiger charge is -2.24. The first-order valence-corrected chi connectivity index (χ1v) is 9.82. The van der Waals surface area contributed by atoms with Crippen LogP contribution in [0.4, 0.5) is 5.69 Å². The molecule has 0 aliphatic heterocycles. The van der Waals surface area contributed by atoms with Gasteiger partial charge in [0.15, 0.2) is 0 Å². The lowest BCUT2D eigenvalue weighted by Crippen LogP contribution is -2.28. The molecule has 1 fully saturated rings. The Bertz CT molecular complexity index is 829. The molecule has 3 rings (SSSR count). The van der Waals surface area contributed by atoms with E-state index in [2.05, 4.69) is 5.32 Å². The number of hydrogen-bond donors (Lipinski definition) is 1. The van der Waals surface area contributed by atoms with Crippen molar-refractivity contribution in [2.45, 2.75) is 30.7 Å². The van der Waals surface area contributed by atoms with Gasteiger partial charge in [0.2, 0.25) is 15.9 Å². The van der Waals surface area contributed by atoms with Crippen molar-refractivity contribution in [1.82, 2.24) is 4.31 Å². The van der Waals surface area contributed by atoms with Crippen LogP contribution in [0.2, 0.25) is 0 Å². The van der Waals surface area contributed by atoms with E-state index in [1.54, 1.807) is 19.2 Å². The summed E-state index contributed by atoms with van der Waals surface area (Å²) in [7, 11) is -2.01. The molecule has 1 N–H and O–H groups in total. The van der Waals surface area contributed by atoms with Crippen LogP contribution in [0.3, 0.4) is 0 Å². The topological polar surface area (TPSA) is 66.5 Å². The predicted octanol–water partition coefficient (Wildman–Crippen LogP) is 3.25. The van der Waals surface area contributed by atoms with Crippen LogP contribution in [0.25, 0.3) is 0 Å². The maximum Gasteiger partial charge on any atom is 0.243 e. The van der Waals surface area contributed by atoms with Crippen LogP contribution in [-0.2, 0) is 21.4 Å². The van der Waals surface area contributed by atoms with E-state index < -0.39 is 10.0 Å². The van der Waals surface area contributed by atoms with Crippen molar-refractivity contribution in [1.29, 1.82) is 0 Å². The van der Waals surface area contributed by atoms with Crippen molar-refractivity contribution in [2.75, 3.05) is 12.4 Å². The maximum absolute atomic E-state index is 12.7. The van der Waals surface area contributed by atoms with Crippen LogP contribution in [0.1, 0.15) is 24.8 Å². The van der Waals surface area contributed by atoms with Gasteiger partial charge in [0, 0.05) is 25.2 Å². The smallest absolute Gasteiger partial charge is 0.243 e. The van der Waals surface area contributed by atoms with E-state index in [0.717, 1.165) is 24.8 Å². The highest BCUT2D eigenvalue weighted by molar-refractivity contribution is 7.89. The van der Waals surface area contributed by atoms with Crippen LogP contribution >= 0.6 is 0 Å². The van der Waals surface area contributed by atoms with Gasteiger partial charge in [0.1, 0.15) is 0 Å². The van der Waals surface area contributed by atoms with E-state index in [9.17, 15) is 13.2 Å². The van der Waals surface area contributed by atoms with Gasteiger partial charge in [-0.05, 0) is 42.7 Å². The minimum absolute atomic E-state index is 0.0167. The molecule has 1 saturated carbocycles. The summed E-state index contributed by atoms with van der Waals surface area (Å²) in [6.07, 6.45) is 2.97. The minimum atomic E-state index is -3.57. The summed E-state index contributed by atoms with van der Waals surface area (Å²) in [5.41, 5.74) is 1.56. The molecule has 6 heteroatoms. The third-order valence-corrected chi connectivity index (χ3v) is 6.37. The summed E-state index contributed by atoms with van der Waals surface area (Å²) in [4.78, 5) is 12.2. The zero-order chi connectivity index (χ0) is 17.9. The molecule has 0 saturated heterocycles. The average molecular weight is 358 g/mol. The number of carbonyl (C=O) groups is 1. The first-order chi connectivity index (χ1) is 12.0. The Morgan fingerprint density at radius 3 is 2.28 bits per heavy atom. The first-order valence-electron chi connectivity index (χ1n) is 8.38. The number of sulfonamides is 1. The SMILES string of the molecule is CN(Cc1ccccc1)S(=O)(=O)c1ccc(NC(=O)C2CCC2)cc1. The van der Waals surface area contributed by atoms with Gasteiger partial charge in [-0.3, -0.25) is 4.79 Å². The number of hydrogen-bond acceptors (Lipinski definition) is 3. The lowest BCUT2D eigenvalue weighted by atomic mass is 9.85. The van der Waals surface area contributed by atoms with Crippen LogP contribution < -0.4 is 5.32 Å². The van der Waals surface area contributed by atoms with Crippen molar-refractivity contribution in [3.63, 3.8) is 0 Å². The summed E-state index contributed by atoms with van der Waals surface area (Å²) in [5, 5.41) is 2.84. The molecule has 1 aliphatic carbocycles. The van der Waals surface area contributed by atoms with Crippen molar-refractivity contribution < 1.29 is 13.2 Å². The van der Waals surface area contributed by atoms with Crippen LogP contribution in [0, 0.1) is 5.92 Å². The molecule has 0 bridgehead atoms. The highest BCUT2D eigenvalue weighted by Gasteiger charge is 2.25. The van der Waals surface area contributed by atoms with Gasteiger partial charge >= 0.3 is 0 Å². The first kappa shape index (κ1) is 17.6. The Morgan fingerprint density at radius 2 is 1.72 bits per heavy atom. The number of nitrogens with zero attached hydrogens (tertiary/aromatic N) is 1. The van der Waals surface area contributed by atoms with Crippen molar-refractivity contribution >= 4 is 21.6 Å². The highest BCUT2D eigenvalue weighted by atomic mass is 32.2. The van der Waals surface area contributed by atoms with Gasteiger partial charge in [-0.1, -0.05) is 36.8 Å². The second-order valence-electron chi connectivity index (χ2n) is 6.39. The fourth-order valence-corrected chi connectivity index (χ4v) is 3.89. The highest BCUT2D eigenvalue weighted by Crippen LogP contribution is 2.28. The molecule has 0 spiro atoms. The maximum atomic E-state index is 12.7. The summed E-state index contributed by atoms with van der Waals surface area (Å²) in [6.45, 7) is 0.309. The Morgan fingerprint density at radius 1 is 1.08 bits per heavy atom. The molecule has 1 aliphatic rings. The quantitative estimate of drug-likeness (QED) is 0.862. The summed E-state index contributed by atoms with van der Waals surface area (Å²) in [6, 6.07) is 15.8. The largest absolute Gasteiger partial charge is 0.326 e. The van der Waals surface area contributed by atoms with E-state index in [0.29, 0.717) is 12.2 Å². The van der Waals surface area contributed by atoms with Gasteiger partial charge in [-0.15, -0.1) is 0 Å². The number of rotatable bonds is 6.